The van der Waals surface area contributed by atoms with Crippen LogP contribution in [0.5, 0.6) is 5.75 Å². The third kappa shape index (κ3) is 5.13. The molecule has 0 aliphatic heterocycles. The Kier molecular flexibility index (Phi) is 6.17. The average molecular weight is 390 g/mol. The van der Waals surface area contributed by atoms with Crippen LogP contribution in [-0.2, 0) is 4.79 Å². The van der Waals surface area contributed by atoms with Crippen LogP contribution in [0.3, 0.4) is 0 Å². The zero-order chi connectivity index (χ0) is 21.0. The van der Waals surface area contributed by atoms with E-state index in [0.29, 0.717) is 11.3 Å². The minimum absolute atomic E-state index is 0.0229. The van der Waals surface area contributed by atoms with Crippen molar-refractivity contribution in [2.24, 2.45) is 0 Å². The number of ether oxygens (including phenoxy) is 1. The molecule has 0 radical (unpaired) electrons. The quantitative estimate of drug-likeness (QED) is 0.646. The highest BCUT2D eigenvalue weighted by Crippen LogP contribution is 2.28. The Morgan fingerprint density at radius 2 is 1.66 bits per heavy atom. The van der Waals surface area contributed by atoms with Gasteiger partial charge in [-0.25, -0.2) is 0 Å². The predicted molar refractivity (Wildman–Crippen MR) is 117 cm³/mol. The number of nitrogens with one attached hydrogen (secondary N) is 2. The van der Waals surface area contributed by atoms with Gasteiger partial charge < -0.3 is 15.4 Å². The minimum atomic E-state index is -0.274. The molecule has 0 saturated carbocycles. The molecule has 0 atom stereocenters. The molecule has 0 aliphatic rings. The maximum atomic E-state index is 13.1. The molecule has 3 aromatic rings. The van der Waals surface area contributed by atoms with Gasteiger partial charge in [-0.2, -0.15) is 0 Å². The normalized spacial score (nSPS) is 10.8. The van der Waals surface area contributed by atoms with Crippen molar-refractivity contribution < 1.29 is 14.3 Å². The van der Waals surface area contributed by atoms with Crippen LogP contribution in [0.25, 0.3) is 10.8 Å². The van der Waals surface area contributed by atoms with Gasteiger partial charge in [0.25, 0.3) is 11.8 Å². The van der Waals surface area contributed by atoms with E-state index in [1.807, 2.05) is 70.2 Å². The molecule has 150 valence electrons. The first-order valence-corrected chi connectivity index (χ1v) is 9.67. The van der Waals surface area contributed by atoms with E-state index < -0.39 is 0 Å². The summed E-state index contributed by atoms with van der Waals surface area (Å²) >= 11 is 0. The predicted octanol–water partition coefficient (Wildman–Crippen LogP) is 4.61. The van der Waals surface area contributed by atoms with E-state index in [2.05, 4.69) is 10.6 Å². The van der Waals surface area contributed by atoms with Crippen LogP contribution in [-0.4, -0.2) is 24.5 Å². The Morgan fingerprint density at radius 1 is 0.966 bits per heavy atom. The molecule has 0 fully saturated rings. The van der Waals surface area contributed by atoms with Crippen LogP contribution in [0, 0.1) is 13.8 Å². The molecule has 2 amide bonds. The van der Waals surface area contributed by atoms with E-state index in [1.54, 1.807) is 12.1 Å². The summed E-state index contributed by atoms with van der Waals surface area (Å²) in [4.78, 5) is 25.1. The molecule has 0 aromatic heterocycles. The van der Waals surface area contributed by atoms with E-state index in [-0.39, 0.29) is 24.5 Å². The van der Waals surface area contributed by atoms with Gasteiger partial charge in [0.1, 0.15) is 5.75 Å². The Bertz CT molecular complexity index is 1060. The van der Waals surface area contributed by atoms with Crippen LogP contribution >= 0.6 is 0 Å². The van der Waals surface area contributed by atoms with Gasteiger partial charge in [0.05, 0.1) is 5.56 Å². The van der Waals surface area contributed by atoms with Crippen LogP contribution < -0.4 is 15.4 Å². The van der Waals surface area contributed by atoms with Crippen molar-refractivity contribution in [2.75, 3.05) is 11.9 Å². The van der Waals surface area contributed by atoms with Crippen molar-refractivity contribution in [1.82, 2.24) is 5.32 Å². The first-order valence-electron chi connectivity index (χ1n) is 9.67. The summed E-state index contributed by atoms with van der Waals surface area (Å²) in [6.45, 7) is 7.55. The second kappa shape index (κ2) is 8.78. The molecule has 0 heterocycles. The molecule has 5 heteroatoms. The van der Waals surface area contributed by atoms with Crippen LogP contribution in [0.1, 0.15) is 35.3 Å². The van der Waals surface area contributed by atoms with Gasteiger partial charge in [-0.3, -0.25) is 9.59 Å². The van der Waals surface area contributed by atoms with Crippen molar-refractivity contribution in [2.45, 2.75) is 33.7 Å². The minimum Gasteiger partial charge on any atom is -0.483 e. The fraction of sp³-hybridized carbons (Fsp3) is 0.250. The third-order valence-electron chi connectivity index (χ3n) is 4.54. The highest BCUT2D eigenvalue weighted by molar-refractivity contribution is 6.09. The topological polar surface area (TPSA) is 67.4 Å². The zero-order valence-corrected chi connectivity index (χ0v) is 17.2. The van der Waals surface area contributed by atoms with Crippen molar-refractivity contribution >= 4 is 28.3 Å². The second-order valence-corrected chi connectivity index (χ2v) is 7.48. The smallest absolute Gasteiger partial charge is 0.259 e. The van der Waals surface area contributed by atoms with Gasteiger partial charge in [0.15, 0.2) is 6.61 Å². The van der Waals surface area contributed by atoms with E-state index in [9.17, 15) is 9.59 Å². The lowest BCUT2D eigenvalue weighted by Gasteiger charge is -2.15. The fourth-order valence-electron chi connectivity index (χ4n) is 3.08. The molecular formula is C24H26N2O3. The number of aryl methyl sites for hydroxylation is 2. The highest BCUT2D eigenvalue weighted by atomic mass is 16.5. The maximum absolute atomic E-state index is 13.1. The number of rotatable bonds is 6. The summed E-state index contributed by atoms with van der Waals surface area (Å²) < 4.78 is 5.75. The molecule has 0 saturated heterocycles. The van der Waals surface area contributed by atoms with Crippen molar-refractivity contribution in [3.8, 4) is 5.75 Å². The van der Waals surface area contributed by atoms with Crippen LogP contribution in [0.4, 0.5) is 5.69 Å². The first kappa shape index (κ1) is 20.4. The number of carbonyl (C=O) groups excluding carboxylic acids is 2. The molecule has 0 bridgehead atoms. The number of hydrogen-bond acceptors (Lipinski definition) is 3. The van der Waals surface area contributed by atoms with Gasteiger partial charge in [0, 0.05) is 11.7 Å². The Balaban J connectivity index is 1.92. The molecular weight excluding hydrogens is 364 g/mol. The van der Waals surface area contributed by atoms with Crippen LogP contribution in [0.15, 0.2) is 54.6 Å². The summed E-state index contributed by atoms with van der Waals surface area (Å²) in [5.41, 5.74) is 3.18. The Hall–Kier alpha value is -3.34. The zero-order valence-electron chi connectivity index (χ0n) is 17.2. The van der Waals surface area contributed by atoms with E-state index in [1.165, 1.54) is 0 Å². The van der Waals surface area contributed by atoms with Gasteiger partial charge >= 0.3 is 0 Å². The molecule has 0 spiro atoms. The van der Waals surface area contributed by atoms with Crippen molar-refractivity contribution in [3.05, 3.63) is 71.3 Å². The SMILES string of the molecule is Cc1ccc(C)c(NC(=O)c2cc3ccccc3cc2OCC(=O)NC(C)C)c1. The van der Waals surface area contributed by atoms with Crippen molar-refractivity contribution in [1.29, 1.82) is 0 Å². The highest BCUT2D eigenvalue weighted by Gasteiger charge is 2.17. The molecule has 5 nitrogen and oxygen atoms in total. The summed E-state index contributed by atoms with van der Waals surface area (Å²) in [5, 5.41) is 7.63. The van der Waals surface area contributed by atoms with E-state index >= 15 is 0 Å². The van der Waals surface area contributed by atoms with E-state index in [4.69, 9.17) is 4.74 Å². The van der Waals surface area contributed by atoms with Crippen LogP contribution in [0.2, 0.25) is 0 Å². The molecule has 3 rings (SSSR count). The van der Waals surface area contributed by atoms with Gasteiger partial charge in [0.2, 0.25) is 0 Å². The lowest BCUT2D eigenvalue weighted by Crippen LogP contribution is -2.34. The van der Waals surface area contributed by atoms with Gasteiger partial charge in [-0.15, -0.1) is 0 Å². The van der Waals surface area contributed by atoms with Crippen molar-refractivity contribution in [3.63, 3.8) is 0 Å². The summed E-state index contributed by atoms with van der Waals surface area (Å²) in [6, 6.07) is 17.3. The van der Waals surface area contributed by atoms with Gasteiger partial charge in [-0.1, -0.05) is 36.4 Å². The lowest BCUT2D eigenvalue weighted by molar-refractivity contribution is -0.123. The number of anilines is 1. The first-order chi connectivity index (χ1) is 13.8. The lowest BCUT2D eigenvalue weighted by atomic mass is 10.0. The number of benzene rings is 3. The third-order valence-corrected chi connectivity index (χ3v) is 4.54. The molecule has 0 unspecified atom stereocenters. The number of hydrogen-bond donors (Lipinski definition) is 2. The number of carbonyl (C=O) groups is 2. The average Bonchev–Trinajstić information content (AvgIpc) is 2.68. The fourth-order valence-corrected chi connectivity index (χ4v) is 3.08. The van der Waals surface area contributed by atoms with E-state index in [0.717, 1.165) is 27.6 Å². The Morgan fingerprint density at radius 3 is 2.34 bits per heavy atom. The molecule has 0 aliphatic carbocycles. The standard InChI is InChI=1S/C24H26N2O3/c1-15(2)25-23(27)14-29-22-13-19-8-6-5-7-18(19)12-20(22)24(28)26-21-11-16(3)9-10-17(21)4/h5-13,15H,14H2,1-4H3,(H,25,27)(H,26,28). The second-order valence-electron chi connectivity index (χ2n) is 7.48. The number of amides is 2. The number of fused-ring (bicyclic) bond motifs is 1. The maximum Gasteiger partial charge on any atom is 0.259 e. The summed E-state index contributed by atoms with van der Waals surface area (Å²) in [6.07, 6.45) is 0. The molecule has 29 heavy (non-hydrogen) atoms. The summed E-state index contributed by atoms with van der Waals surface area (Å²) in [7, 11) is 0. The monoisotopic (exact) mass is 390 g/mol. The summed E-state index contributed by atoms with van der Waals surface area (Å²) in [5.74, 6) is -0.122. The Labute approximate surface area is 171 Å². The largest absolute Gasteiger partial charge is 0.483 e. The van der Waals surface area contributed by atoms with Gasteiger partial charge in [-0.05, 0) is 67.8 Å². The molecule has 2 N–H and O–H groups in total. The molecule has 3 aromatic carbocycles.